The summed E-state index contributed by atoms with van der Waals surface area (Å²) in [5, 5.41) is 4.53. The van der Waals surface area contributed by atoms with Crippen molar-refractivity contribution in [2.24, 2.45) is 0 Å². The number of likely N-dealkylation sites (N-methyl/N-ethyl adjacent to an activating group) is 1. The lowest BCUT2D eigenvalue weighted by Gasteiger charge is -2.31. The second-order valence-corrected chi connectivity index (χ2v) is 5.30. The van der Waals surface area contributed by atoms with E-state index in [1.807, 2.05) is 7.05 Å². The summed E-state index contributed by atoms with van der Waals surface area (Å²) < 4.78 is 2.45. The lowest BCUT2D eigenvalue weighted by molar-refractivity contribution is 0.215. The Hall–Kier alpha value is -1.48. The van der Waals surface area contributed by atoms with Crippen LogP contribution in [0.2, 0.25) is 0 Å². The number of likely N-dealkylation sites (tertiary alicyclic amines) is 1. The summed E-state index contributed by atoms with van der Waals surface area (Å²) in [6.45, 7) is 2.40. The molecule has 3 rings (SSSR count). The molecular weight excluding hydrogens is 222 g/mol. The van der Waals surface area contributed by atoms with E-state index in [9.17, 15) is 0 Å². The number of nitrogens with one attached hydrogen (secondary N) is 1. The van der Waals surface area contributed by atoms with Gasteiger partial charge in [0.15, 0.2) is 0 Å². The minimum atomic E-state index is 0.627. The fourth-order valence-corrected chi connectivity index (χ4v) is 3.00. The molecule has 1 unspecified atom stereocenters. The van der Waals surface area contributed by atoms with Crippen molar-refractivity contribution in [2.45, 2.75) is 18.9 Å². The highest BCUT2D eigenvalue weighted by Gasteiger charge is 2.19. The molecule has 2 heterocycles. The Balaban J connectivity index is 1.97. The zero-order valence-corrected chi connectivity index (χ0v) is 11.2. The third-order valence-electron chi connectivity index (χ3n) is 4.00. The molecule has 1 aliphatic heterocycles. The van der Waals surface area contributed by atoms with E-state index in [0.717, 1.165) is 6.54 Å². The molecule has 0 spiro atoms. The van der Waals surface area contributed by atoms with Crippen LogP contribution in [0.15, 0.2) is 30.5 Å². The summed E-state index contributed by atoms with van der Waals surface area (Å²) in [5.74, 6) is 0. The van der Waals surface area contributed by atoms with Crippen molar-refractivity contribution in [1.82, 2.24) is 9.47 Å². The Morgan fingerprint density at radius 1 is 1.28 bits per heavy atom. The van der Waals surface area contributed by atoms with Crippen LogP contribution >= 0.6 is 0 Å². The van der Waals surface area contributed by atoms with Crippen LogP contribution in [0.25, 0.3) is 10.9 Å². The summed E-state index contributed by atoms with van der Waals surface area (Å²) in [6.07, 6.45) is 4.84. The molecular formula is C15H21N3. The molecule has 1 aliphatic rings. The number of hydrogen-bond acceptors (Lipinski definition) is 2. The first kappa shape index (κ1) is 11.6. The standard InChI is InChI=1S/C15H21N3/c1-16-13-5-6-15-12(10-13)7-9-18(15)14-4-3-8-17(2)11-14/h5-7,9-10,14,16H,3-4,8,11H2,1-2H3. The van der Waals surface area contributed by atoms with Crippen molar-refractivity contribution in [3.63, 3.8) is 0 Å². The van der Waals surface area contributed by atoms with E-state index in [2.05, 4.69) is 52.3 Å². The van der Waals surface area contributed by atoms with Crippen LogP contribution in [-0.4, -0.2) is 36.7 Å². The highest BCUT2D eigenvalue weighted by Crippen LogP contribution is 2.27. The highest BCUT2D eigenvalue weighted by molar-refractivity contribution is 5.83. The molecule has 2 aromatic rings. The average molecular weight is 243 g/mol. The summed E-state index contributed by atoms with van der Waals surface area (Å²) in [7, 11) is 4.19. The molecule has 1 saturated heterocycles. The molecule has 0 radical (unpaired) electrons. The van der Waals surface area contributed by atoms with Gasteiger partial charge in [0.05, 0.1) is 0 Å². The number of benzene rings is 1. The fourth-order valence-electron chi connectivity index (χ4n) is 3.00. The molecule has 1 aromatic heterocycles. The van der Waals surface area contributed by atoms with Gasteiger partial charge in [-0.3, -0.25) is 0 Å². The number of anilines is 1. The second-order valence-electron chi connectivity index (χ2n) is 5.30. The summed E-state index contributed by atoms with van der Waals surface area (Å²) >= 11 is 0. The van der Waals surface area contributed by atoms with Crippen LogP contribution in [0, 0.1) is 0 Å². The number of aromatic nitrogens is 1. The van der Waals surface area contributed by atoms with Gasteiger partial charge in [-0.15, -0.1) is 0 Å². The molecule has 0 saturated carbocycles. The van der Waals surface area contributed by atoms with Gasteiger partial charge in [-0.05, 0) is 50.7 Å². The van der Waals surface area contributed by atoms with Gasteiger partial charge >= 0.3 is 0 Å². The normalized spacial score (nSPS) is 21.3. The Morgan fingerprint density at radius 3 is 2.94 bits per heavy atom. The minimum Gasteiger partial charge on any atom is -0.388 e. The third kappa shape index (κ3) is 1.99. The predicted octanol–water partition coefficient (Wildman–Crippen LogP) is 2.95. The largest absolute Gasteiger partial charge is 0.388 e. The minimum absolute atomic E-state index is 0.627. The van der Waals surface area contributed by atoms with Crippen molar-refractivity contribution in [2.75, 3.05) is 32.5 Å². The van der Waals surface area contributed by atoms with E-state index in [1.165, 1.54) is 36.0 Å². The van der Waals surface area contributed by atoms with Crippen LogP contribution < -0.4 is 5.32 Å². The van der Waals surface area contributed by atoms with Gasteiger partial charge in [-0.1, -0.05) is 0 Å². The smallest absolute Gasteiger partial charge is 0.0484 e. The molecule has 1 aromatic carbocycles. The van der Waals surface area contributed by atoms with Gasteiger partial charge in [0.2, 0.25) is 0 Å². The van der Waals surface area contributed by atoms with Crippen molar-refractivity contribution < 1.29 is 0 Å². The lowest BCUT2D eigenvalue weighted by atomic mass is 10.1. The van der Waals surface area contributed by atoms with E-state index in [4.69, 9.17) is 0 Å². The van der Waals surface area contributed by atoms with E-state index >= 15 is 0 Å². The Labute approximate surface area is 108 Å². The molecule has 3 nitrogen and oxygen atoms in total. The second kappa shape index (κ2) is 4.65. The van der Waals surface area contributed by atoms with E-state index in [0.29, 0.717) is 6.04 Å². The fraction of sp³-hybridized carbons (Fsp3) is 0.467. The Morgan fingerprint density at radius 2 is 2.17 bits per heavy atom. The molecule has 0 bridgehead atoms. The van der Waals surface area contributed by atoms with E-state index in [1.54, 1.807) is 0 Å². The SMILES string of the molecule is CNc1ccc2c(ccn2C2CCCN(C)C2)c1. The van der Waals surface area contributed by atoms with Crippen LogP contribution in [0.3, 0.4) is 0 Å². The van der Waals surface area contributed by atoms with Crippen molar-refractivity contribution in [3.05, 3.63) is 30.5 Å². The van der Waals surface area contributed by atoms with Gasteiger partial charge < -0.3 is 14.8 Å². The molecule has 18 heavy (non-hydrogen) atoms. The van der Waals surface area contributed by atoms with Gasteiger partial charge in [0.25, 0.3) is 0 Å². The zero-order chi connectivity index (χ0) is 12.5. The van der Waals surface area contributed by atoms with Crippen LogP contribution in [-0.2, 0) is 0 Å². The van der Waals surface area contributed by atoms with Crippen LogP contribution in [0.5, 0.6) is 0 Å². The molecule has 0 aliphatic carbocycles. The maximum absolute atomic E-state index is 3.20. The topological polar surface area (TPSA) is 20.2 Å². The van der Waals surface area contributed by atoms with E-state index in [-0.39, 0.29) is 0 Å². The van der Waals surface area contributed by atoms with Crippen molar-refractivity contribution in [1.29, 1.82) is 0 Å². The first-order valence-electron chi connectivity index (χ1n) is 6.75. The van der Waals surface area contributed by atoms with Gasteiger partial charge in [-0.2, -0.15) is 0 Å². The summed E-state index contributed by atoms with van der Waals surface area (Å²) in [5.41, 5.74) is 2.54. The average Bonchev–Trinajstić information content (AvgIpc) is 2.81. The third-order valence-corrected chi connectivity index (χ3v) is 4.00. The number of piperidine rings is 1. The van der Waals surface area contributed by atoms with Crippen molar-refractivity contribution in [3.8, 4) is 0 Å². The number of fused-ring (bicyclic) bond motifs is 1. The number of rotatable bonds is 2. The maximum Gasteiger partial charge on any atom is 0.0484 e. The maximum atomic E-state index is 3.20. The van der Waals surface area contributed by atoms with Gasteiger partial charge in [-0.25, -0.2) is 0 Å². The summed E-state index contributed by atoms with van der Waals surface area (Å²) in [4.78, 5) is 2.43. The quantitative estimate of drug-likeness (QED) is 0.875. The van der Waals surface area contributed by atoms with Crippen molar-refractivity contribution >= 4 is 16.6 Å². The lowest BCUT2D eigenvalue weighted by Crippen LogP contribution is -2.33. The van der Waals surface area contributed by atoms with Gasteiger partial charge in [0, 0.05) is 42.4 Å². The van der Waals surface area contributed by atoms with Gasteiger partial charge in [0.1, 0.15) is 0 Å². The first-order chi connectivity index (χ1) is 8.78. The monoisotopic (exact) mass is 243 g/mol. The molecule has 96 valence electrons. The summed E-state index contributed by atoms with van der Waals surface area (Å²) in [6, 6.07) is 9.46. The van der Waals surface area contributed by atoms with E-state index < -0.39 is 0 Å². The highest BCUT2D eigenvalue weighted by atomic mass is 15.2. The Bertz CT molecular complexity index is 544. The molecule has 1 fully saturated rings. The number of hydrogen-bond donors (Lipinski definition) is 1. The van der Waals surface area contributed by atoms with Crippen LogP contribution in [0.4, 0.5) is 5.69 Å². The van der Waals surface area contributed by atoms with Crippen LogP contribution in [0.1, 0.15) is 18.9 Å². The molecule has 3 heteroatoms. The predicted molar refractivity (Wildman–Crippen MR) is 77.3 cm³/mol. The number of nitrogens with zero attached hydrogens (tertiary/aromatic N) is 2. The molecule has 1 N–H and O–H groups in total. The molecule has 0 amide bonds. The zero-order valence-electron chi connectivity index (χ0n) is 11.2. The molecule has 1 atom stereocenters. The first-order valence-corrected chi connectivity index (χ1v) is 6.75. The Kier molecular flexibility index (Phi) is 3.00.